The largest absolute Gasteiger partial charge is 0.370 e. The molecule has 1 saturated heterocycles. The quantitative estimate of drug-likeness (QED) is 0.845. The number of hydrogen-bond acceptors (Lipinski definition) is 3. The van der Waals surface area contributed by atoms with E-state index in [2.05, 4.69) is 22.1 Å². The monoisotopic (exact) mass is 233 g/mol. The Labute approximate surface area is 102 Å². The molecule has 1 aliphatic rings. The van der Waals surface area contributed by atoms with Crippen LogP contribution >= 0.6 is 0 Å². The molecule has 1 fully saturated rings. The number of carbonyl (C=O) groups excluding carboxylic acids is 1. The van der Waals surface area contributed by atoms with E-state index in [0.717, 1.165) is 24.7 Å². The zero-order valence-electron chi connectivity index (χ0n) is 10.4. The number of aromatic nitrogens is 1. The van der Waals surface area contributed by atoms with E-state index in [-0.39, 0.29) is 5.91 Å². The summed E-state index contributed by atoms with van der Waals surface area (Å²) in [5.74, 6) is 0.688. The van der Waals surface area contributed by atoms with Gasteiger partial charge in [0.2, 0.25) is 0 Å². The average molecular weight is 233 g/mol. The van der Waals surface area contributed by atoms with Crippen molar-refractivity contribution in [2.75, 3.05) is 25.0 Å². The van der Waals surface area contributed by atoms with Crippen LogP contribution < -0.4 is 10.2 Å². The molecule has 92 valence electrons. The number of rotatable bonds is 2. The van der Waals surface area contributed by atoms with Gasteiger partial charge in [0.05, 0.1) is 11.9 Å². The zero-order valence-corrected chi connectivity index (χ0v) is 10.4. The number of piperidine rings is 1. The molecule has 2 heterocycles. The Morgan fingerprint density at radius 1 is 1.41 bits per heavy atom. The van der Waals surface area contributed by atoms with Crippen LogP contribution in [0.2, 0.25) is 0 Å². The van der Waals surface area contributed by atoms with E-state index in [4.69, 9.17) is 0 Å². The van der Waals surface area contributed by atoms with Gasteiger partial charge >= 0.3 is 0 Å². The third kappa shape index (κ3) is 2.75. The Kier molecular flexibility index (Phi) is 3.61. The Bertz CT molecular complexity index is 380. The van der Waals surface area contributed by atoms with Crippen LogP contribution in [0.1, 0.15) is 30.3 Å². The van der Waals surface area contributed by atoms with Crippen molar-refractivity contribution in [2.45, 2.75) is 19.8 Å². The number of nitrogens with zero attached hydrogens (tertiary/aromatic N) is 2. The van der Waals surface area contributed by atoms with E-state index in [1.54, 1.807) is 19.3 Å². The standard InChI is InChI=1S/C13H19N3O/c1-10-5-7-16(8-6-10)11-3-4-12(15-9-11)13(17)14-2/h3-4,9-10H,5-8H2,1-2H3,(H,14,17). The fourth-order valence-corrected chi connectivity index (χ4v) is 2.10. The SMILES string of the molecule is CNC(=O)c1ccc(N2CCC(C)CC2)cn1. The summed E-state index contributed by atoms with van der Waals surface area (Å²) in [6.07, 6.45) is 4.26. The van der Waals surface area contributed by atoms with Crippen LogP contribution in [0.15, 0.2) is 18.3 Å². The molecule has 0 aliphatic carbocycles. The van der Waals surface area contributed by atoms with Gasteiger partial charge < -0.3 is 10.2 Å². The predicted octanol–water partition coefficient (Wildman–Crippen LogP) is 1.68. The molecule has 2 rings (SSSR count). The highest BCUT2D eigenvalue weighted by Gasteiger charge is 2.16. The fraction of sp³-hybridized carbons (Fsp3) is 0.538. The second-order valence-electron chi connectivity index (χ2n) is 4.65. The summed E-state index contributed by atoms with van der Waals surface area (Å²) >= 11 is 0. The number of pyridine rings is 1. The van der Waals surface area contributed by atoms with Gasteiger partial charge in [-0.2, -0.15) is 0 Å². The number of amides is 1. The van der Waals surface area contributed by atoms with Crippen molar-refractivity contribution >= 4 is 11.6 Å². The third-order valence-corrected chi connectivity index (χ3v) is 3.36. The van der Waals surface area contributed by atoms with Gasteiger partial charge in [-0.3, -0.25) is 4.79 Å². The molecule has 0 unspecified atom stereocenters. The first-order chi connectivity index (χ1) is 8.20. The Morgan fingerprint density at radius 2 is 2.12 bits per heavy atom. The van der Waals surface area contributed by atoms with E-state index in [1.165, 1.54) is 12.8 Å². The van der Waals surface area contributed by atoms with Crippen molar-refractivity contribution in [1.82, 2.24) is 10.3 Å². The molecule has 0 saturated carbocycles. The van der Waals surface area contributed by atoms with Crippen LogP contribution in [0.25, 0.3) is 0 Å². The molecule has 1 aromatic heterocycles. The first-order valence-electron chi connectivity index (χ1n) is 6.14. The minimum Gasteiger partial charge on any atom is -0.370 e. The normalized spacial score (nSPS) is 16.9. The van der Waals surface area contributed by atoms with Crippen LogP contribution in [0.5, 0.6) is 0 Å². The van der Waals surface area contributed by atoms with Gasteiger partial charge in [-0.15, -0.1) is 0 Å². The van der Waals surface area contributed by atoms with Crippen molar-refractivity contribution in [3.8, 4) is 0 Å². The Balaban J connectivity index is 2.05. The third-order valence-electron chi connectivity index (χ3n) is 3.36. The van der Waals surface area contributed by atoms with Crippen molar-refractivity contribution in [2.24, 2.45) is 5.92 Å². The van der Waals surface area contributed by atoms with Gasteiger partial charge in [-0.05, 0) is 30.9 Å². The first kappa shape index (κ1) is 11.9. The van der Waals surface area contributed by atoms with Gasteiger partial charge in [0.15, 0.2) is 0 Å². The summed E-state index contributed by atoms with van der Waals surface area (Å²) in [4.78, 5) is 17.9. The highest BCUT2D eigenvalue weighted by atomic mass is 16.1. The zero-order chi connectivity index (χ0) is 12.3. The Morgan fingerprint density at radius 3 is 2.65 bits per heavy atom. The summed E-state index contributed by atoms with van der Waals surface area (Å²) in [5, 5.41) is 2.57. The molecule has 0 spiro atoms. The molecule has 1 N–H and O–H groups in total. The van der Waals surface area contributed by atoms with Crippen molar-refractivity contribution in [3.05, 3.63) is 24.0 Å². The van der Waals surface area contributed by atoms with Gasteiger partial charge in [-0.1, -0.05) is 6.92 Å². The smallest absolute Gasteiger partial charge is 0.269 e. The lowest BCUT2D eigenvalue weighted by atomic mass is 9.99. The van der Waals surface area contributed by atoms with Gasteiger partial charge in [0, 0.05) is 20.1 Å². The number of carbonyl (C=O) groups is 1. The molecular weight excluding hydrogens is 214 g/mol. The molecule has 1 amide bonds. The van der Waals surface area contributed by atoms with E-state index < -0.39 is 0 Å². The molecule has 17 heavy (non-hydrogen) atoms. The maximum Gasteiger partial charge on any atom is 0.269 e. The van der Waals surface area contributed by atoms with Crippen molar-refractivity contribution in [1.29, 1.82) is 0 Å². The Hall–Kier alpha value is -1.58. The summed E-state index contributed by atoms with van der Waals surface area (Å²) in [5.41, 5.74) is 1.59. The topological polar surface area (TPSA) is 45.2 Å². The van der Waals surface area contributed by atoms with Crippen LogP contribution in [-0.4, -0.2) is 31.0 Å². The highest BCUT2D eigenvalue weighted by molar-refractivity contribution is 5.92. The minimum absolute atomic E-state index is 0.135. The highest BCUT2D eigenvalue weighted by Crippen LogP contribution is 2.22. The molecule has 0 aromatic carbocycles. The first-order valence-corrected chi connectivity index (χ1v) is 6.14. The lowest BCUT2D eigenvalue weighted by molar-refractivity contribution is 0.0958. The fourth-order valence-electron chi connectivity index (χ4n) is 2.10. The summed E-state index contributed by atoms with van der Waals surface area (Å²) in [7, 11) is 1.62. The molecule has 4 nitrogen and oxygen atoms in total. The molecule has 1 aromatic rings. The van der Waals surface area contributed by atoms with Gasteiger partial charge in [0.25, 0.3) is 5.91 Å². The maximum absolute atomic E-state index is 11.4. The molecule has 0 radical (unpaired) electrons. The molecule has 1 aliphatic heterocycles. The summed E-state index contributed by atoms with van der Waals surface area (Å²) < 4.78 is 0. The minimum atomic E-state index is -0.135. The maximum atomic E-state index is 11.4. The van der Waals surface area contributed by atoms with Crippen molar-refractivity contribution in [3.63, 3.8) is 0 Å². The number of hydrogen-bond donors (Lipinski definition) is 1. The lowest BCUT2D eigenvalue weighted by Crippen LogP contribution is -2.32. The van der Waals surface area contributed by atoms with Crippen LogP contribution in [0.3, 0.4) is 0 Å². The molecule has 0 atom stereocenters. The van der Waals surface area contributed by atoms with Crippen LogP contribution in [-0.2, 0) is 0 Å². The second-order valence-corrected chi connectivity index (χ2v) is 4.65. The van der Waals surface area contributed by atoms with Crippen LogP contribution in [0.4, 0.5) is 5.69 Å². The van der Waals surface area contributed by atoms with E-state index >= 15 is 0 Å². The van der Waals surface area contributed by atoms with E-state index in [9.17, 15) is 4.79 Å². The number of nitrogens with one attached hydrogen (secondary N) is 1. The average Bonchev–Trinajstić information content (AvgIpc) is 2.39. The molecule has 4 heteroatoms. The predicted molar refractivity (Wildman–Crippen MR) is 68.2 cm³/mol. The molecular formula is C13H19N3O. The van der Waals surface area contributed by atoms with E-state index in [0.29, 0.717) is 5.69 Å². The van der Waals surface area contributed by atoms with Crippen molar-refractivity contribution < 1.29 is 4.79 Å². The lowest BCUT2D eigenvalue weighted by Gasteiger charge is -2.31. The number of anilines is 1. The van der Waals surface area contributed by atoms with E-state index in [1.807, 2.05) is 6.07 Å². The van der Waals surface area contributed by atoms with Gasteiger partial charge in [-0.25, -0.2) is 4.98 Å². The summed E-state index contributed by atoms with van der Waals surface area (Å²) in [6, 6.07) is 3.76. The van der Waals surface area contributed by atoms with Crippen LogP contribution in [0, 0.1) is 5.92 Å². The van der Waals surface area contributed by atoms with Gasteiger partial charge in [0.1, 0.15) is 5.69 Å². The molecule has 0 bridgehead atoms. The second kappa shape index (κ2) is 5.17. The summed E-state index contributed by atoms with van der Waals surface area (Å²) in [6.45, 7) is 4.47.